The van der Waals surface area contributed by atoms with Crippen molar-refractivity contribution in [3.8, 4) is 0 Å². The molecule has 2 aromatic rings. The molecule has 2 heterocycles. The average molecular weight is 434 g/mol. The fourth-order valence-electron chi connectivity index (χ4n) is 5.97. The molecule has 0 unspecified atom stereocenters. The largest absolute Gasteiger partial charge is 0.369 e. The molecule has 0 radical (unpaired) electrons. The van der Waals surface area contributed by atoms with Crippen LogP contribution in [0.25, 0.3) is 10.8 Å². The van der Waals surface area contributed by atoms with Gasteiger partial charge >= 0.3 is 0 Å². The van der Waals surface area contributed by atoms with E-state index in [1.807, 2.05) is 0 Å². The quantitative estimate of drug-likeness (QED) is 0.499. The molecule has 5 heteroatoms. The van der Waals surface area contributed by atoms with Gasteiger partial charge in [0.25, 0.3) is 0 Å². The topological polar surface area (TPSA) is 43.9 Å². The first kappa shape index (κ1) is 21.4. The molecule has 32 heavy (non-hydrogen) atoms. The molecule has 170 valence electrons. The number of nitrogens with zero attached hydrogens (tertiary/aromatic N) is 3. The van der Waals surface area contributed by atoms with Crippen LogP contribution in [0.5, 0.6) is 0 Å². The summed E-state index contributed by atoms with van der Waals surface area (Å²) in [6.45, 7) is 5.87. The Morgan fingerprint density at radius 2 is 1.41 bits per heavy atom. The number of imide groups is 1. The average Bonchev–Trinajstić information content (AvgIpc) is 3.25. The first-order valence-corrected chi connectivity index (χ1v) is 12.4. The van der Waals surface area contributed by atoms with Crippen LogP contribution in [0.3, 0.4) is 0 Å². The molecule has 3 fully saturated rings. The Labute approximate surface area is 191 Å². The summed E-state index contributed by atoms with van der Waals surface area (Å²) >= 11 is 0. The van der Waals surface area contributed by atoms with Crippen molar-refractivity contribution in [2.75, 3.05) is 44.2 Å². The van der Waals surface area contributed by atoms with E-state index in [9.17, 15) is 9.59 Å². The lowest BCUT2D eigenvalue weighted by Gasteiger charge is -2.37. The molecular formula is C27H35N3O2. The van der Waals surface area contributed by atoms with Crippen LogP contribution in [-0.4, -0.2) is 60.9 Å². The number of rotatable bonds is 6. The molecule has 1 aliphatic carbocycles. The number of piperazine rings is 1. The highest BCUT2D eigenvalue weighted by Crippen LogP contribution is 2.46. The molecule has 2 amide bonds. The molecule has 0 N–H and O–H groups in total. The number of unbranched alkanes of at least 4 members (excludes halogenated alkanes) is 1. The SMILES string of the molecule is O=C1CC2(CCCC2)CC(=O)N1CCCCN1CCN(c2ccc3ccccc3c2)CC1. The van der Waals surface area contributed by atoms with Crippen LogP contribution < -0.4 is 4.90 Å². The van der Waals surface area contributed by atoms with Gasteiger partial charge in [-0.1, -0.05) is 43.2 Å². The van der Waals surface area contributed by atoms with Crippen molar-refractivity contribution in [1.82, 2.24) is 9.80 Å². The van der Waals surface area contributed by atoms with E-state index >= 15 is 0 Å². The van der Waals surface area contributed by atoms with Crippen molar-refractivity contribution >= 4 is 28.3 Å². The highest BCUT2D eigenvalue weighted by atomic mass is 16.2. The van der Waals surface area contributed by atoms with E-state index in [0.717, 1.165) is 58.4 Å². The van der Waals surface area contributed by atoms with Crippen molar-refractivity contribution in [2.45, 2.75) is 51.4 Å². The second-order valence-electron chi connectivity index (χ2n) is 10.1. The van der Waals surface area contributed by atoms with Gasteiger partial charge in [-0.25, -0.2) is 0 Å². The monoisotopic (exact) mass is 433 g/mol. The molecule has 2 saturated heterocycles. The second-order valence-corrected chi connectivity index (χ2v) is 10.1. The van der Waals surface area contributed by atoms with E-state index in [4.69, 9.17) is 0 Å². The van der Waals surface area contributed by atoms with E-state index in [2.05, 4.69) is 52.3 Å². The van der Waals surface area contributed by atoms with Gasteiger partial charge in [0.15, 0.2) is 0 Å². The number of hydrogen-bond donors (Lipinski definition) is 0. The highest BCUT2D eigenvalue weighted by Gasteiger charge is 2.44. The lowest BCUT2D eigenvalue weighted by Crippen LogP contribution is -2.48. The minimum atomic E-state index is 0.00931. The van der Waals surface area contributed by atoms with Gasteiger partial charge in [0.2, 0.25) is 11.8 Å². The zero-order chi connectivity index (χ0) is 22.0. The molecule has 5 nitrogen and oxygen atoms in total. The molecule has 0 atom stereocenters. The molecule has 1 saturated carbocycles. The van der Waals surface area contributed by atoms with Crippen molar-refractivity contribution in [2.24, 2.45) is 5.41 Å². The van der Waals surface area contributed by atoms with Gasteiger partial charge in [0.1, 0.15) is 0 Å². The fraction of sp³-hybridized carbons (Fsp3) is 0.556. The molecule has 3 aliphatic rings. The third-order valence-electron chi connectivity index (χ3n) is 7.90. The summed E-state index contributed by atoms with van der Waals surface area (Å²) in [7, 11) is 0. The van der Waals surface area contributed by atoms with Crippen molar-refractivity contribution in [3.63, 3.8) is 0 Å². The van der Waals surface area contributed by atoms with Crippen molar-refractivity contribution in [3.05, 3.63) is 42.5 Å². The Morgan fingerprint density at radius 3 is 2.12 bits per heavy atom. The van der Waals surface area contributed by atoms with E-state index in [1.54, 1.807) is 4.90 Å². The summed E-state index contributed by atoms with van der Waals surface area (Å²) in [5, 5.41) is 2.59. The van der Waals surface area contributed by atoms with Gasteiger partial charge in [-0.05, 0) is 60.5 Å². The summed E-state index contributed by atoms with van der Waals surface area (Å²) in [5.74, 6) is 0.152. The number of hydrogen-bond acceptors (Lipinski definition) is 4. The highest BCUT2D eigenvalue weighted by molar-refractivity contribution is 5.98. The van der Waals surface area contributed by atoms with Gasteiger partial charge in [-0.2, -0.15) is 0 Å². The zero-order valence-corrected chi connectivity index (χ0v) is 19.1. The standard InChI is InChI=1S/C27H35N3O2/c31-25-20-27(11-3-4-12-27)21-26(32)30(25)14-6-5-13-28-15-17-29(18-16-28)24-10-9-22-7-1-2-8-23(22)19-24/h1-2,7-10,19H,3-6,11-18,20-21H2. The number of carbonyl (C=O) groups excluding carboxylic acids is 2. The molecular weight excluding hydrogens is 398 g/mol. The lowest BCUT2D eigenvalue weighted by atomic mass is 9.76. The number of carbonyl (C=O) groups is 2. The molecule has 2 aromatic carbocycles. The molecule has 0 bridgehead atoms. The van der Waals surface area contributed by atoms with E-state index in [-0.39, 0.29) is 17.2 Å². The van der Waals surface area contributed by atoms with Crippen LogP contribution in [0, 0.1) is 5.41 Å². The summed E-state index contributed by atoms with van der Waals surface area (Å²) in [5.41, 5.74) is 1.32. The number of benzene rings is 2. The smallest absolute Gasteiger partial charge is 0.229 e. The van der Waals surface area contributed by atoms with Gasteiger partial charge in [-0.3, -0.25) is 19.4 Å². The number of piperidine rings is 1. The second kappa shape index (κ2) is 9.22. The van der Waals surface area contributed by atoms with Gasteiger partial charge in [0.05, 0.1) is 0 Å². The van der Waals surface area contributed by atoms with Crippen LogP contribution in [0.4, 0.5) is 5.69 Å². The Balaban J connectivity index is 1.04. The predicted octanol–water partition coefficient (Wildman–Crippen LogP) is 4.45. The van der Waals surface area contributed by atoms with E-state index in [1.165, 1.54) is 29.3 Å². The first-order chi connectivity index (χ1) is 15.6. The maximum atomic E-state index is 12.6. The number of amides is 2. The van der Waals surface area contributed by atoms with Gasteiger partial charge in [0, 0.05) is 51.3 Å². The predicted molar refractivity (Wildman–Crippen MR) is 129 cm³/mol. The maximum Gasteiger partial charge on any atom is 0.229 e. The maximum absolute atomic E-state index is 12.6. The Morgan fingerprint density at radius 1 is 0.750 bits per heavy atom. The Kier molecular flexibility index (Phi) is 6.18. The van der Waals surface area contributed by atoms with Gasteiger partial charge < -0.3 is 4.90 Å². The summed E-state index contributed by atoms with van der Waals surface area (Å²) < 4.78 is 0. The lowest BCUT2D eigenvalue weighted by molar-refractivity contribution is -0.153. The molecule has 5 rings (SSSR count). The number of anilines is 1. The third kappa shape index (κ3) is 4.54. The normalized spacial score (nSPS) is 21.8. The summed E-state index contributed by atoms with van der Waals surface area (Å²) in [4.78, 5) is 31.8. The zero-order valence-electron chi connectivity index (χ0n) is 19.1. The van der Waals surface area contributed by atoms with Gasteiger partial charge in [-0.15, -0.1) is 0 Å². The van der Waals surface area contributed by atoms with Crippen LogP contribution in [0.2, 0.25) is 0 Å². The van der Waals surface area contributed by atoms with Crippen LogP contribution >= 0.6 is 0 Å². The van der Waals surface area contributed by atoms with Crippen LogP contribution in [0.1, 0.15) is 51.4 Å². The Hall–Kier alpha value is -2.40. The van der Waals surface area contributed by atoms with Crippen LogP contribution in [-0.2, 0) is 9.59 Å². The molecule has 1 spiro atoms. The number of fused-ring (bicyclic) bond motifs is 1. The first-order valence-electron chi connectivity index (χ1n) is 12.4. The molecule has 2 aliphatic heterocycles. The number of likely N-dealkylation sites (tertiary alicyclic amines) is 1. The van der Waals surface area contributed by atoms with E-state index < -0.39 is 0 Å². The minimum Gasteiger partial charge on any atom is -0.369 e. The molecule has 0 aromatic heterocycles. The van der Waals surface area contributed by atoms with E-state index in [0.29, 0.717) is 19.4 Å². The Bertz CT molecular complexity index is 954. The third-order valence-corrected chi connectivity index (χ3v) is 7.90. The summed E-state index contributed by atoms with van der Waals surface area (Å²) in [6.07, 6.45) is 7.61. The van der Waals surface area contributed by atoms with Crippen molar-refractivity contribution in [1.29, 1.82) is 0 Å². The van der Waals surface area contributed by atoms with Crippen molar-refractivity contribution < 1.29 is 9.59 Å². The summed E-state index contributed by atoms with van der Waals surface area (Å²) in [6, 6.07) is 15.3. The minimum absolute atomic E-state index is 0.00931. The van der Waals surface area contributed by atoms with Crippen LogP contribution in [0.15, 0.2) is 42.5 Å². The fourth-order valence-corrected chi connectivity index (χ4v) is 5.97.